The van der Waals surface area contributed by atoms with E-state index in [1.54, 1.807) is 12.3 Å². The Balaban J connectivity index is 1.84. The van der Waals surface area contributed by atoms with Crippen molar-refractivity contribution in [3.05, 3.63) is 83.5 Å². The average Bonchev–Trinajstić information content (AvgIpc) is 2.78. The minimum absolute atomic E-state index is 0.0440. The molecule has 31 heavy (non-hydrogen) atoms. The number of benzene rings is 2. The molecule has 0 fully saturated rings. The standard InChI is InChI=1S/C26H30ClN3O/c1-3-5-17-30(4-2)26(31)14-12-22(18-20-9-7-6-8-10-20)29-24-15-16-28-25-19-21(27)11-13-23(24)25/h6-16,19,22H,3-5,17-18H2,1-2H3,(H,28,29)/b14-12+. The van der Waals surface area contributed by atoms with Crippen molar-refractivity contribution in [1.29, 1.82) is 0 Å². The minimum atomic E-state index is -0.0440. The number of halogens is 1. The monoisotopic (exact) mass is 435 g/mol. The van der Waals surface area contributed by atoms with Crippen LogP contribution in [0.5, 0.6) is 0 Å². The van der Waals surface area contributed by atoms with Crippen LogP contribution in [0.1, 0.15) is 32.3 Å². The van der Waals surface area contributed by atoms with Gasteiger partial charge in [0.2, 0.25) is 5.91 Å². The molecule has 0 saturated heterocycles. The highest BCUT2D eigenvalue weighted by atomic mass is 35.5. The van der Waals surface area contributed by atoms with E-state index in [-0.39, 0.29) is 11.9 Å². The lowest BCUT2D eigenvalue weighted by molar-refractivity contribution is -0.125. The lowest BCUT2D eigenvalue weighted by atomic mass is 10.0. The third-order valence-electron chi connectivity index (χ3n) is 5.29. The van der Waals surface area contributed by atoms with Gasteiger partial charge >= 0.3 is 0 Å². The zero-order valence-electron chi connectivity index (χ0n) is 18.2. The Morgan fingerprint density at radius 1 is 1.16 bits per heavy atom. The number of unbranched alkanes of at least 4 members (excludes halogenated alkanes) is 1. The van der Waals surface area contributed by atoms with Crippen molar-refractivity contribution < 1.29 is 4.79 Å². The number of hydrogen-bond donors (Lipinski definition) is 1. The lowest BCUT2D eigenvalue weighted by Crippen LogP contribution is -2.30. The van der Waals surface area contributed by atoms with Gasteiger partial charge < -0.3 is 10.2 Å². The molecule has 0 aliphatic rings. The molecule has 162 valence electrons. The molecule has 3 rings (SSSR count). The first-order chi connectivity index (χ1) is 15.1. The molecule has 0 saturated carbocycles. The third kappa shape index (κ3) is 6.56. The van der Waals surface area contributed by atoms with Gasteiger partial charge in [0, 0.05) is 47.5 Å². The number of anilines is 1. The number of carbonyl (C=O) groups excluding carboxylic acids is 1. The second kappa shape index (κ2) is 11.5. The number of aromatic nitrogens is 1. The highest BCUT2D eigenvalue weighted by Crippen LogP contribution is 2.25. The van der Waals surface area contributed by atoms with Crippen molar-refractivity contribution in [1.82, 2.24) is 9.88 Å². The van der Waals surface area contributed by atoms with Gasteiger partial charge in [-0.15, -0.1) is 0 Å². The number of pyridine rings is 1. The van der Waals surface area contributed by atoms with Crippen LogP contribution in [0.2, 0.25) is 5.02 Å². The summed E-state index contributed by atoms with van der Waals surface area (Å²) in [6.07, 6.45) is 8.32. The van der Waals surface area contributed by atoms with E-state index < -0.39 is 0 Å². The number of fused-ring (bicyclic) bond motifs is 1. The first-order valence-corrected chi connectivity index (χ1v) is 11.3. The fourth-order valence-electron chi connectivity index (χ4n) is 3.56. The molecule has 0 spiro atoms. The Labute approximate surface area is 189 Å². The predicted octanol–water partition coefficient (Wildman–Crippen LogP) is 6.12. The molecule has 1 atom stereocenters. The van der Waals surface area contributed by atoms with Crippen LogP contribution in [0.25, 0.3) is 10.9 Å². The molecule has 0 bridgehead atoms. The fraction of sp³-hybridized carbons (Fsp3) is 0.308. The molecule has 1 unspecified atom stereocenters. The Morgan fingerprint density at radius 2 is 1.97 bits per heavy atom. The summed E-state index contributed by atoms with van der Waals surface area (Å²) in [5.74, 6) is 0.0576. The van der Waals surface area contributed by atoms with Gasteiger partial charge in [0.1, 0.15) is 0 Å². The summed E-state index contributed by atoms with van der Waals surface area (Å²) >= 11 is 6.13. The maximum absolute atomic E-state index is 12.7. The zero-order valence-corrected chi connectivity index (χ0v) is 19.0. The summed E-state index contributed by atoms with van der Waals surface area (Å²) in [5, 5.41) is 5.27. The van der Waals surface area contributed by atoms with Gasteiger partial charge in [-0.3, -0.25) is 9.78 Å². The Morgan fingerprint density at radius 3 is 2.71 bits per heavy atom. The smallest absolute Gasteiger partial charge is 0.246 e. The summed E-state index contributed by atoms with van der Waals surface area (Å²) in [6.45, 7) is 5.67. The number of likely N-dealkylation sites (N-methyl/N-ethyl adjacent to an activating group) is 1. The van der Waals surface area contributed by atoms with Crippen LogP contribution < -0.4 is 5.32 Å². The first-order valence-electron chi connectivity index (χ1n) is 10.9. The van der Waals surface area contributed by atoms with Crippen LogP contribution in [-0.2, 0) is 11.2 Å². The summed E-state index contributed by atoms with van der Waals surface area (Å²) in [6, 6.07) is 17.9. The number of amides is 1. The summed E-state index contributed by atoms with van der Waals surface area (Å²) in [4.78, 5) is 19.0. The molecule has 1 N–H and O–H groups in total. The molecule has 1 aromatic heterocycles. The van der Waals surface area contributed by atoms with E-state index in [2.05, 4.69) is 29.4 Å². The fourth-order valence-corrected chi connectivity index (χ4v) is 3.73. The topological polar surface area (TPSA) is 45.2 Å². The average molecular weight is 436 g/mol. The van der Waals surface area contributed by atoms with Crippen molar-refractivity contribution in [2.24, 2.45) is 0 Å². The highest BCUT2D eigenvalue weighted by molar-refractivity contribution is 6.31. The van der Waals surface area contributed by atoms with Gasteiger partial charge in [-0.05, 0) is 49.6 Å². The molecule has 3 aromatic rings. The molecular weight excluding hydrogens is 406 g/mol. The second-order valence-electron chi connectivity index (χ2n) is 7.59. The van der Waals surface area contributed by atoms with Gasteiger partial charge in [0.15, 0.2) is 0 Å². The maximum Gasteiger partial charge on any atom is 0.246 e. The molecule has 1 heterocycles. The van der Waals surface area contributed by atoms with Crippen molar-refractivity contribution in [2.75, 3.05) is 18.4 Å². The van der Waals surface area contributed by atoms with Crippen LogP contribution >= 0.6 is 11.6 Å². The van der Waals surface area contributed by atoms with Crippen LogP contribution in [0.15, 0.2) is 72.9 Å². The zero-order chi connectivity index (χ0) is 22.1. The van der Waals surface area contributed by atoms with Gasteiger partial charge in [-0.25, -0.2) is 0 Å². The second-order valence-corrected chi connectivity index (χ2v) is 8.03. The van der Waals surface area contributed by atoms with Crippen molar-refractivity contribution in [3.63, 3.8) is 0 Å². The number of nitrogens with zero attached hydrogens (tertiary/aromatic N) is 2. The number of hydrogen-bond acceptors (Lipinski definition) is 3. The van der Waals surface area contributed by atoms with Crippen molar-refractivity contribution >= 4 is 34.1 Å². The molecule has 4 nitrogen and oxygen atoms in total. The number of rotatable bonds is 10. The minimum Gasteiger partial charge on any atom is -0.378 e. The van der Waals surface area contributed by atoms with Crippen LogP contribution in [0, 0.1) is 0 Å². The summed E-state index contributed by atoms with van der Waals surface area (Å²) in [7, 11) is 0. The molecule has 5 heteroatoms. The molecule has 0 aliphatic carbocycles. The van der Waals surface area contributed by atoms with Gasteiger partial charge in [-0.1, -0.05) is 61.4 Å². The Hall–Kier alpha value is -2.85. The Kier molecular flexibility index (Phi) is 8.48. The van der Waals surface area contributed by atoms with Crippen LogP contribution in [0.3, 0.4) is 0 Å². The Bertz CT molecular complexity index is 1020. The van der Waals surface area contributed by atoms with Crippen molar-refractivity contribution in [2.45, 2.75) is 39.2 Å². The van der Waals surface area contributed by atoms with E-state index in [1.165, 1.54) is 5.56 Å². The highest BCUT2D eigenvalue weighted by Gasteiger charge is 2.12. The van der Waals surface area contributed by atoms with Crippen molar-refractivity contribution in [3.8, 4) is 0 Å². The number of nitrogens with one attached hydrogen (secondary N) is 1. The third-order valence-corrected chi connectivity index (χ3v) is 5.53. The van der Waals surface area contributed by atoms with E-state index in [1.807, 2.05) is 60.4 Å². The van der Waals surface area contributed by atoms with E-state index in [4.69, 9.17) is 11.6 Å². The van der Waals surface area contributed by atoms with Gasteiger partial charge in [-0.2, -0.15) is 0 Å². The SMILES string of the molecule is CCCCN(CC)C(=O)/C=C/C(Cc1ccccc1)Nc1ccnc2cc(Cl)ccc12. The molecular formula is C26H30ClN3O. The molecule has 0 radical (unpaired) electrons. The van der Waals surface area contributed by atoms with Crippen LogP contribution in [-0.4, -0.2) is 34.9 Å². The molecule has 0 aliphatic heterocycles. The largest absolute Gasteiger partial charge is 0.378 e. The summed E-state index contributed by atoms with van der Waals surface area (Å²) in [5.41, 5.74) is 3.02. The predicted molar refractivity (Wildman–Crippen MR) is 131 cm³/mol. The van der Waals surface area contributed by atoms with E-state index in [9.17, 15) is 4.79 Å². The lowest BCUT2D eigenvalue weighted by Gasteiger charge is -2.21. The summed E-state index contributed by atoms with van der Waals surface area (Å²) < 4.78 is 0. The number of carbonyl (C=O) groups is 1. The van der Waals surface area contributed by atoms with Gasteiger partial charge in [0.05, 0.1) is 5.52 Å². The van der Waals surface area contributed by atoms with E-state index in [0.29, 0.717) is 5.02 Å². The molecule has 1 amide bonds. The normalized spacial score (nSPS) is 12.2. The maximum atomic E-state index is 12.7. The van der Waals surface area contributed by atoms with E-state index >= 15 is 0 Å². The first kappa shape index (κ1) is 22.8. The quantitative estimate of drug-likeness (QED) is 0.390. The van der Waals surface area contributed by atoms with E-state index in [0.717, 1.165) is 48.9 Å². The van der Waals surface area contributed by atoms with Crippen LogP contribution in [0.4, 0.5) is 5.69 Å². The van der Waals surface area contributed by atoms with Gasteiger partial charge in [0.25, 0.3) is 0 Å². The molecule has 2 aromatic carbocycles.